The molecule has 20 heavy (non-hydrogen) atoms. The molecule has 0 spiro atoms. The second-order valence-electron chi connectivity index (χ2n) is 6.95. The Bertz CT molecular complexity index is 786. The van der Waals surface area contributed by atoms with E-state index in [1.54, 1.807) is 18.2 Å². The molecule has 2 aromatic rings. The molecule has 0 saturated heterocycles. The summed E-state index contributed by atoms with van der Waals surface area (Å²) in [6.07, 6.45) is 1.22. The maximum atomic E-state index is 11.6. The van der Waals surface area contributed by atoms with Gasteiger partial charge in [0, 0.05) is 12.2 Å². The van der Waals surface area contributed by atoms with E-state index in [4.69, 9.17) is 0 Å². The summed E-state index contributed by atoms with van der Waals surface area (Å²) in [5.41, 5.74) is 2.04. The average molecular weight is 292 g/mol. The molecule has 0 amide bonds. The molecule has 1 heterocycles. The van der Waals surface area contributed by atoms with Gasteiger partial charge >= 0.3 is 0 Å². The lowest BCUT2D eigenvalue weighted by Gasteiger charge is -2.03. The van der Waals surface area contributed by atoms with Crippen molar-refractivity contribution in [3.05, 3.63) is 24.0 Å². The molecule has 5 heteroatoms. The lowest BCUT2D eigenvalue weighted by atomic mass is 10.0. The number of aromatic amines is 1. The molecular formula is C15H20N2O2S. The van der Waals surface area contributed by atoms with Gasteiger partial charge in [-0.3, -0.25) is 0 Å². The number of rotatable bonds is 2. The number of hydrogen-bond acceptors (Lipinski definition) is 3. The van der Waals surface area contributed by atoms with Gasteiger partial charge in [0.25, 0.3) is 0 Å². The Morgan fingerprint density at radius 3 is 2.25 bits per heavy atom. The molecule has 1 aromatic heterocycles. The van der Waals surface area contributed by atoms with Crippen molar-refractivity contribution in [3.8, 4) is 0 Å². The van der Waals surface area contributed by atoms with Crippen molar-refractivity contribution in [3.63, 3.8) is 0 Å². The third kappa shape index (κ3) is 1.72. The third-order valence-corrected chi connectivity index (χ3v) is 6.30. The summed E-state index contributed by atoms with van der Waals surface area (Å²) >= 11 is 0. The van der Waals surface area contributed by atoms with Gasteiger partial charge in [0.05, 0.1) is 15.9 Å². The molecule has 1 fully saturated rings. The Kier molecular flexibility index (Phi) is 2.48. The number of H-pyrrole nitrogens is 1. The van der Waals surface area contributed by atoms with Crippen LogP contribution in [-0.4, -0.2) is 24.6 Å². The standard InChI is InChI=1S/C15H20N2O2S/c1-14(2)12(15(14,3)4)13-16-10-7-6-9(20(5,18)19)8-11(10)17-13/h6-8,12H,1-5H3,(H,16,17). The van der Waals surface area contributed by atoms with E-state index in [-0.39, 0.29) is 10.8 Å². The molecule has 0 unspecified atom stereocenters. The number of nitrogens with zero attached hydrogens (tertiary/aromatic N) is 1. The Morgan fingerprint density at radius 2 is 1.75 bits per heavy atom. The third-order valence-electron chi connectivity index (χ3n) is 5.19. The minimum atomic E-state index is -3.18. The Labute approximate surface area is 119 Å². The molecule has 4 nitrogen and oxygen atoms in total. The van der Waals surface area contributed by atoms with Gasteiger partial charge in [-0.15, -0.1) is 0 Å². The zero-order valence-electron chi connectivity index (χ0n) is 12.5. The Hall–Kier alpha value is -1.36. The molecule has 1 aromatic carbocycles. The van der Waals surface area contributed by atoms with Crippen LogP contribution in [0.25, 0.3) is 11.0 Å². The highest BCUT2D eigenvalue weighted by molar-refractivity contribution is 7.90. The van der Waals surface area contributed by atoms with Gasteiger partial charge in [-0.25, -0.2) is 13.4 Å². The van der Waals surface area contributed by atoms with Crippen LogP contribution in [-0.2, 0) is 9.84 Å². The Balaban J connectivity index is 2.09. The van der Waals surface area contributed by atoms with E-state index < -0.39 is 9.84 Å². The monoisotopic (exact) mass is 292 g/mol. The van der Waals surface area contributed by atoms with Crippen molar-refractivity contribution in [2.45, 2.75) is 38.5 Å². The van der Waals surface area contributed by atoms with Gasteiger partial charge in [0.15, 0.2) is 9.84 Å². The topological polar surface area (TPSA) is 62.8 Å². The smallest absolute Gasteiger partial charge is 0.175 e. The number of nitrogens with one attached hydrogen (secondary N) is 1. The fraction of sp³-hybridized carbons (Fsp3) is 0.533. The van der Waals surface area contributed by atoms with E-state index in [1.807, 2.05) is 0 Å². The van der Waals surface area contributed by atoms with Gasteiger partial charge in [0.2, 0.25) is 0 Å². The summed E-state index contributed by atoms with van der Waals surface area (Å²) in [6.45, 7) is 8.97. The van der Waals surface area contributed by atoms with E-state index in [0.717, 1.165) is 16.9 Å². The predicted octanol–water partition coefficient (Wildman–Crippen LogP) is 3.12. The van der Waals surface area contributed by atoms with Crippen molar-refractivity contribution in [1.29, 1.82) is 0 Å². The van der Waals surface area contributed by atoms with Crippen molar-refractivity contribution in [1.82, 2.24) is 9.97 Å². The van der Waals surface area contributed by atoms with Crippen LogP contribution in [0.2, 0.25) is 0 Å². The number of aromatic nitrogens is 2. The zero-order chi connectivity index (χ0) is 14.9. The minimum Gasteiger partial charge on any atom is -0.342 e. The molecule has 0 bridgehead atoms. The molecule has 0 radical (unpaired) electrons. The van der Waals surface area contributed by atoms with E-state index >= 15 is 0 Å². The first-order valence-corrected chi connectivity index (χ1v) is 8.64. The van der Waals surface area contributed by atoms with E-state index in [2.05, 4.69) is 37.7 Å². The van der Waals surface area contributed by atoms with Crippen molar-refractivity contribution in [2.24, 2.45) is 10.8 Å². The summed E-state index contributed by atoms with van der Waals surface area (Å²) in [5.74, 6) is 1.34. The summed E-state index contributed by atoms with van der Waals surface area (Å²) < 4.78 is 23.2. The highest BCUT2D eigenvalue weighted by Crippen LogP contribution is 2.73. The molecule has 108 valence electrons. The summed E-state index contributed by atoms with van der Waals surface area (Å²) in [4.78, 5) is 8.27. The number of fused-ring (bicyclic) bond motifs is 1. The van der Waals surface area contributed by atoms with Gasteiger partial charge < -0.3 is 4.98 Å². The van der Waals surface area contributed by atoms with Crippen LogP contribution in [0.3, 0.4) is 0 Å². The zero-order valence-corrected chi connectivity index (χ0v) is 13.3. The van der Waals surface area contributed by atoms with Crippen molar-refractivity contribution in [2.75, 3.05) is 6.26 Å². The van der Waals surface area contributed by atoms with Crippen LogP contribution < -0.4 is 0 Å². The molecule has 1 saturated carbocycles. The minimum absolute atomic E-state index is 0.209. The molecule has 0 atom stereocenters. The summed E-state index contributed by atoms with van der Waals surface area (Å²) in [6, 6.07) is 5.06. The Morgan fingerprint density at radius 1 is 1.15 bits per heavy atom. The van der Waals surface area contributed by atoms with Crippen LogP contribution in [0, 0.1) is 10.8 Å². The highest BCUT2D eigenvalue weighted by atomic mass is 32.2. The maximum absolute atomic E-state index is 11.6. The lowest BCUT2D eigenvalue weighted by Crippen LogP contribution is -1.96. The van der Waals surface area contributed by atoms with Gasteiger partial charge in [-0.2, -0.15) is 0 Å². The molecule has 1 aliphatic rings. The number of hydrogen-bond donors (Lipinski definition) is 1. The summed E-state index contributed by atoms with van der Waals surface area (Å²) in [7, 11) is -3.18. The van der Waals surface area contributed by atoms with E-state index in [9.17, 15) is 8.42 Å². The van der Waals surface area contributed by atoms with Gasteiger partial charge in [-0.1, -0.05) is 27.7 Å². The molecular weight excluding hydrogens is 272 g/mol. The normalized spacial score (nSPS) is 21.2. The fourth-order valence-electron chi connectivity index (χ4n) is 3.26. The first-order chi connectivity index (χ1) is 9.05. The fourth-order valence-corrected chi connectivity index (χ4v) is 3.90. The van der Waals surface area contributed by atoms with Crippen molar-refractivity contribution >= 4 is 20.9 Å². The number of imidazole rings is 1. The van der Waals surface area contributed by atoms with Gasteiger partial charge in [0.1, 0.15) is 5.82 Å². The number of sulfone groups is 1. The maximum Gasteiger partial charge on any atom is 0.175 e. The second kappa shape index (κ2) is 3.64. The van der Waals surface area contributed by atoms with Crippen LogP contribution in [0.1, 0.15) is 39.4 Å². The van der Waals surface area contributed by atoms with E-state index in [1.165, 1.54) is 6.26 Å². The SMILES string of the molecule is CC1(C)C(c2nc3ccc(S(C)(=O)=O)cc3[nH]2)C1(C)C. The first kappa shape index (κ1) is 13.6. The lowest BCUT2D eigenvalue weighted by molar-refractivity contribution is 0.457. The highest BCUT2D eigenvalue weighted by Gasteiger charge is 2.66. The van der Waals surface area contributed by atoms with Gasteiger partial charge in [-0.05, 0) is 29.0 Å². The molecule has 1 aliphatic carbocycles. The number of benzene rings is 1. The van der Waals surface area contributed by atoms with Crippen LogP contribution in [0.4, 0.5) is 0 Å². The largest absolute Gasteiger partial charge is 0.342 e. The quantitative estimate of drug-likeness (QED) is 0.925. The first-order valence-electron chi connectivity index (χ1n) is 6.75. The van der Waals surface area contributed by atoms with E-state index in [0.29, 0.717) is 10.8 Å². The van der Waals surface area contributed by atoms with Crippen LogP contribution >= 0.6 is 0 Å². The average Bonchev–Trinajstić information content (AvgIpc) is 2.60. The molecule has 0 aliphatic heterocycles. The van der Waals surface area contributed by atoms with Crippen LogP contribution in [0.15, 0.2) is 23.1 Å². The summed E-state index contributed by atoms with van der Waals surface area (Å²) in [5, 5.41) is 0. The van der Waals surface area contributed by atoms with Crippen molar-refractivity contribution < 1.29 is 8.42 Å². The van der Waals surface area contributed by atoms with Crippen LogP contribution in [0.5, 0.6) is 0 Å². The second-order valence-corrected chi connectivity index (χ2v) is 8.97. The molecule has 1 N–H and O–H groups in total. The predicted molar refractivity (Wildman–Crippen MR) is 79.5 cm³/mol. The molecule has 3 rings (SSSR count).